The number of carbonyl (C=O) groups excluding carboxylic acids is 2. The minimum atomic E-state index is -0.398. The molecule has 26 heavy (non-hydrogen) atoms. The van der Waals surface area contributed by atoms with Crippen LogP contribution in [0.15, 0.2) is 78.9 Å². The first kappa shape index (κ1) is 16.1. The minimum absolute atomic E-state index is 0.0186. The Morgan fingerprint density at radius 1 is 0.885 bits per heavy atom. The topological polar surface area (TPSA) is 58.2 Å². The van der Waals surface area contributed by atoms with Crippen LogP contribution in [0.3, 0.4) is 0 Å². The van der Waals surface area contributed by atoms with Crippen molar-refractivity contribution in [1.82, 2.24) is 0 Å². The van der Waals surface area contributed by atoms with Crippen molar-refractivity contribution in [2.75, 3.05) is 10.6 Å². The first-order valence-corrected chi connectivity index (χ1v) is 8.54. The highest BCUT2D eigenvalue weighted by molar-refractivity contribution is 6.01. The summed E-state index contributed by atoms with van der Waals surface area (Å²) in [4.78, 5) is 24.6. The zero-order valence-corrected chi connectivity index (χ0v) is 14.1. The van der Waals surface area contributed by atoms with Gasteiger partial charge in [-0.15, -0.1) is 0 Å². The fourth-order valence-electron chi connectivity index (χ4n) is 3.31. The van der Waals surface area contributed by atoms with E-state index in [9.17, 15) is 9.59 Å². The van der Waals surface area contributed by atoms with Crippen LogP contribution in [0.1, 0.15) is 22.6 Å². The molecule has 0 spiro atoms. The minimum Gasteiger partial charge on any atom is -0.326 e. The molecule has 4 nitrogen and oxygen atoms in total. The third-order valence-electron chi connectivity index (χ3n) is 4.53. The Balaban J connectivity index is 1.64. The summed E-state index contributed by atoms with van der Waals surface area (Å²) in [5.74, 6) is -0.514. The lowest BCUT2D eigenvalue weighted by Crippen LogP contribution is -2.22. The van der Waals surface area contributed by atoms with Gasteiger partial charge in [0.25, 0.3) is 0 Å². The standard InChI is InChI=1S/C22H18N2O2/c25-20-14-17-13-18(11-12-19(17)24-20)23-22(26)21(15-7-3-1-4-8-15)16-9-5-2-6-10-16/h1-13,21H,14H2,(H,23,26)(H,24,25). The van der Waals surface area contributed by atoms with Gasteiger partial charge >= 0.3 is 0 Å². The molecular formula is C22H18N2O2. The SMILES string of the molecule is O=C1Cc2cc(NC(=O)C(c3ccccc3)c3ccccc3)ccc2N1. The first-order chi connectivity index (χ1) is 12.7. The highest BCUT2D eigenvalue weighted by Crippen LogP contribution is 2.29. The Bertz CT molecular complexity index is 913. The van der Waals surface area contributed by atoms with E-state index in [2.05, 4.69) is 10.6 Å². The van der Waals surface area contributed by atoms with Gasteiger partial charge in [0, 0.05) is 11.4 Å². The molecule has 3 aromatic carbocycles. The quantitative estimate of drug-likeness (QED) is 0.754. The highest BCUT2D eigenvalue weighted by Gasteiger charge is 2.23. The molecule has 0 radical (unpaired) electrons. The van der Waals surface area contributed by atoms with Gasteiger partial charge in [-0.3, -0.25) is 9.59 Å². The predicted octanol–water partition coefficient (Wildman–Crippen LogP) is 3.95. The predicted molar refractivity (Wildman–Crippen MR) is 102 cm³/mol. The zero-order valence-electron chi connectivity index (χ0n) is 14.1. The smallest absolute Gasteiger partial charge is 0.236 e. The molecule has 0 unspecified atom stereocenters. The second-order valence-corrected chi connectivity index (χ2v) is 6.34. The van der Waals surface area contributed by atoms with Crippen LogP contribution >= 0.6 is 0 Å². The fourth-order valence-corrected chi connectivity index (χ4v) is 3.31. The summed E-state index contributed by atoms with van der Waals surface area (Å²) in [6.45, 7) is 0. The Morgan fingerprint density at radius 3 is 2.12 bits per heavy atom. The van der Waals surface area contributed by atoms with Gasteiger partial charge in [0.05, 0.1) is 12.3 Å². The van der Waals surface area contributed by atoms with Crippen molar-refractivity contribution in [2.45, 2.75) is 12.3 Å². The van der Waals surface area contributed by atoms with Crippen LogP contribution in [0.25, 0.3) is 0 Å². The van der Waals surface area contributed by atoms with E-state index < -0.39 is 5.92 Å². The molecule has 128 valence electrons. The van der Waals surface area contributed by atoms with E-state index in [0.717, 1.165) is 22.4 Å². The van der Waals surface area contributed by atoms with Gasteiger partial charge in [0.15, 0.2) is 0 Å². The molecule has 0 atom stereocenters. The first-order valence-electron chi connectivity index (χ1n) is 8.54. The maximum absolute atomic E-state index is 13.1. The molecule has 0 aromatic heterocycles. The molecule has 0 saturated heterocycles. The van der Waals surface area contributed by atoms with Crippen LogP contribution in [0.4, 0.5) is 11.4 Å². The van der Waals surface area contributed by atoms with Gasteiger partial charge in [-0.1, -0.05) is 60.7 Å². The van der Waals surface area contributed by atoms with E-state index >= 15 is 0 Å². The van der Waals surface area contributed by atoms with E-state index in [1.54, 1.807) is 0 Å². The van der Waals surface area contributed by atoms with E-state index in [4.69, 9.17) is 0 Å². The maximum atomic E-state index is 13.1. The van der Waals surface area contributed by atoms with Gasteiger partial charge in [-0.05, 0) is 34.9 Å². The third-order valence-corrected chi connectivity index (χ3v) is 4.53. The summed E-state index contributed by atoms with van der Waals surface area (Å²) < 4.78 is 0. The molecule has 0 aliphatic carbocycles. The molecule has 1 aliphatic heterocycles. The number of fused-ring (bicyclic) bond motifs is 1. The number of rotatable bonds is 4. The molecular weight excluding hydrogens is 324 g/mol. The van der Waals surface area contributed by atoms with Crippen molar-refractivity contribution >= 4 is 23.2 Å². The van der Waals surface area contributed by atoms with Crippen LogP contribution < -0.4 is 10.6 Å². The molecule has 1 heterocycles. The molecule has 0 bridgehead atoms. The van der Waals surface area contributed by atoms with Gasteiger partial charge in [-0.25, -0.2) is 0 Å². The Hall–Kier alpha value is -3.40. The number of benzene rings is 3. The average molecular weight is 342 g/mol. The number of hydrogen-bond acceptors (Lipinski definition) is 2. The van der Waals surface area contributed by atoms with Crippen LogP contribution in [-0.2, 0) is 16.0 Å². The summed E-state index contributed by atoms with van der Waals surface area (Å²) in [6.07, 6.45) is 0.347. The molecule has 0 saturated carbocycles. The number of anilines is 2. The lowest BCUT2D eigenvalue weighted by molar-refractivity contribution is -0.117. The zero-order chi connectivity index (χ0) is 17.9. The molecule has 0 fully saturated rings. The number of amides is 2. The van der Waals surface area contributed by atoms with Crippen LogP contribution in [0.5, 0.6) is 0 Å². The van der Waals surface area contributed by atoms with Crippen molar-refractivity contribution < 1.29 is 9.59 Å². The van der Waals surface area contributed by atoms with Crippen molar-refractivity contribution in [1.29, 1.82) is 0 Å². The van der Waals surface area contributed by atoms with E-state index in [1.165, 1.54) is 0 Å². The summed E-state index contributed by atoms with van der Waals surface area (Å²) in [7, 11) is 0. The maximum Gasteiger partial charge on any atom is 0.236 e. The molecule has 4 rings (SSSR count). The molecule has 4 heteroatoms. The highest BCUT2D eigenvalue weighted by atomic mass is 16.2. The van der Waals surface area contributed by atoms with Crippen molar-refractivity contribution in [3.8, 4) is 0 Å². The summed E-state index contributed by atoms with van der Waals surface area (Å²) >= 11 is 0. The fraction of sp³-hybridized carbons (Fsp3) is 0.0909. The van der Waals surface area contributed by atoms with Gasteiger partial charge in [0.2, 0.25) is 11.8 Å². The number of hydrogen-bond donors (Lipinski definition) is 2. The van der Waals surface area contributed by atoms with E-state index in [0.29, 0.717) is 12.1 Å². The van der Waals surface area contributed by atoms with Crippen molar-refractivity contribution in [3.63, 3.8) is 0 Å². The summed E-state index contributed by atoms with van der Waals surface area (Å²) in [6, 6.07) is 25.0. The van der Waals surface area contributed by atoms with E-state index in [1.807, 2.05) is 78.9 Å². The van der Waals surface area contributed by atoms with Gasteiger partial charge < -0.3 is 10.6 Å². The largest absolute Gasteiger partial charge is 0.326 e. The monoisotopic (exact) mass is 342 g/mol. The third kappa shape index (κ3) is 3.22. The van der Waals surface area contributed by atoms with Crippen LogP contribution in [0.2, 0.25) is 0 Å². The number of carbonyl (C=O) groups is 2. The second kappa shape index (κ2) is 6.84. The Labute approximate surface area is 151 Å². The lowest BCUT2D eigenvalue weighted by Gasteiger charge is -2.18. The number of nitrogens with one attached hydrogen (secondary N) is 2. The normalized spacial score (nSPS) is 12.6. The lowest BCUT2D eigenvalue weighted by atomic mass is 9.90. The Morgan fingerprint density at radius 2 is 1.50 bits per heavy atom. The average Bonchev–Trinajstić information content (AvgIpc) is 3.03. The van der Waals surface area contributed by atoms with Crippen molar-refractivity contribution in [3.05, 3.63) is 95.6 Å². The molecule has 1 aliphatic rings. The van der Waals surface area contributed by atoms with Crippen LogP contribution in [0, 0.1) is 0 Å². The van der Waals surface area contributed by atoms with Gasteiger partial charge in [-0.2, -0.15) is 0 Å². The summed E-state index contributed by atoms with van der Waals surface area (Å²) in [5, 5.41) is 5.81. The van der Waals surface area contributed by atoms with E-state index in [-0.39, 0.29) is 11.8 Å². The summed E-state index contributed by atoms with van der Waals surface area (Å²) in [5.41, 5.74) is 4.30. The molecule has 2 N–H and O–H groups in total. The molecule has 3 aromatic rings. The Kier molecular flexibility index (Phi) is 4.23. The van der Waals surface area contributed by atoms with Gasteiger partial charge in [0.1, 0.15) is 0 Å². The van der Waals surface area contributed by atoms with Crippen LogP contribution in [-0.4, -0.2) is 11.8 Å². The second-order valence-electron chi connectivity index (χ2n) is 6.34. The molecule has 2 amide bonds. The van der Waals surface area contributed by atoms with Crippen molar-refractivity contribution in [2.24, 2.45) is 0 Å².